The molecule has 1 amide bonds. The monoisotopic (exact) mass is 481 g/mol. The van der Waals surface area contributed by atoms with Crippen molar-refractivity contribution in [2.24, 2.45) is 0 Å². The molecule has 0 saturated carbocycles. The number of hydrogen-bond donors (Lipinski definition) is 1. The zero-order valence-corrected chi connectivity index (χ0v) is 19.9. The number of rotatable bonds is 8. The Labute approximate surface area is 207 Å². The van der Waals surface area contributed by atoms with Gasteiger partial charge in [-0.2, -0.15) is 0 Å². The van der Waals surface area contributed by atoms with Gasteiger partial charge in [-0.3, -0.25) is 14.3 Å². The number of hydrogen-bond acceptors (Lipinski definition) is 6. The van der Waals surface area contributed by atoms with E-state index in [9.17, 15) is 4.79 Å². The third-order valence-electron chi connectivity index (χ3n) is 5.45. The summed E-state index contributed by atoms with van der Waals surface area (Å²) < 4.78 is 7.60. The van der Waals surface area contributed by atoms with Crippen LogP contribution in [-0.2, 0) is 12.3 Å². The van der Waals surface area contributed by atoms with Gasteiger partial charge in [-0.1, -0.05) is 41.6 Å². The van der Waals surface area contributed by atoms with Crippen molar-refractivity contribution in [3.8, 4) is 17.3 Å². The summed E-state index contributed by atoms with van der Waals surface area (Å²) in [5.74, 6) is 1.89. The molecule has 0 saturated heterocycles. The van der Waals surface area contributed by atoms with E-state index < -0.39 is 0 Å². The SMILES string of the molecule is Cc1ccc(-n2c(SCc3ccc(C(=O)NCc4ccncc4)cc3)nnc2-c2ccco2)cc1. The molecular weight excluding hydrogens is 458 g/mol. The fourth-order valence-corrected chi connectivity index (χ4v) is 4.45. The summed E-state index contributed by atoms with van der Waals surface area (Å²) in [5, 5.41) is 12.5. The highest BCUT2D eigenvalue weighted by Crippen LogP contribution is 2.30. The van der Waals surface area contributed by atoms with E-state index in [-0.39, 0.29) is 5.91 Å². The molecule has 174 valence electrons. The van der Waals surface area contributed by atoms with Crippen LogP contribution in [0.25, 0.3) is 17.3 Å². The summed E-state index contributed by atoms with van der Waals surface area (Å²) in [7, 11) is 0. The predicted octanol–water partition coefficient (Wildman–Crippen LogP) is 5.45. The standard InChI is InChI=1S/C27H23N5O2S/c1-19-4-10-23(11-5-19)32-25(24-3-2-16-34-24)30-31-27(32)35-18-21-6-8-22(9-7-21)26(33)29-17-20-12-14-28-15-13-20/h2-16H,17-18H2,1H3,(H,29,33). The topological polar surface area (TPSA) is 85.8 Å². The van der Waals surface area contributed by atoms with Crippen molar-refractivity contribution in [1.82, 2.24) is 25.1 Å². The number of aryl methyl sites for hydroxylation is 1. The normalized spacial score (nSPS) is 10.9. The molecular formula is C27H23N5O2S. The number of pyridine rings is 1. The van der Waals surface area contributed by atoms with Crippen LogP contribution in [-0.4, -0.2) is 25.7 Å². The van der Waals surface area contributed by atoms with Gasteiger partial charge in [0.25, 0.3) is 5.91 Å². The van der Waals surface area contributed by atoms with Crippen molar-refractivity contribution in [1.29, 1.82) is 0 Å². The first-order valence-electron chi connectivity index (χ1n) is 11.1. The lowest BCUT2D eigenvalue weighted by molar-refractivity contribution is 0.0951. The zero-order valence-electron chi connectivity index (χ0n) is 19.1. The average Bonchev–Trinajstić information content (AvgIpc) is 3.58. The third kappa shape index (κ3) is 5.33. The Morgan fingerprint density at radius 1 is 0.943 bits per heavy atom. The number of nitrogens with zero attached hydrogens (tertiary/aromatic N) is 4. The minimum absolute atomic E-state index is 0.108. The molecule has 3 heterocycles. The lowest BCUT2D eigenvalue weighted by Crippen LogP contribution is -2.22. The Bertz CT molecular complexity index is 1400. The molecule has 0 fully saturated rings. The fourth-order valence-electron chi connectivity index (χ4n) is 3.54. The largest absolute Gasteiger partial charge is 0.461 e. The molecule has 0 bridgehead atoms. The molecule has 0 atom stereocenters. The maximum absolute atomic E-state index is 12.5. The van der Waals surface area contributed by atoms with Crippen LogP contribution in [0.2, 0.25) is 0 Å². The van der Waals surface area contributed by atoms with Gasteiger partial charge in [-0.15, -0.1) is 10.2 Å². The van der Waals surface area contributed by atoms with E-state index in [1.54, 1.807) is 30.4 Å². The van der Waals surface area contributed by atoms with Crippen LogP contribution in [0.4, 0.5) is 0 Å². The van der Waals surface area contributed by atoms with Crippen LogP contribution >= 0.6 is 11.8 Å². The van der Waals surface area contributed by atoms with Crippen LogP contribution in [0.1, 0.15) is 27.0 Å². The predicted molar refractivity (Wildman–Crippen MR) is 135 cm³/mol. The first-order chi connectivity index (χ1) is 17.2. The quantitative estimate of drug-likeness (QED) is 0.297. The maximum atomic E-state index is 12.5. The Morgan fingerprint density at radius 2 is 1.71 bits per heavy atom. The van der Waals surface area contributed by atoms with Crippen molar-refractivity contribution in [2.45, 2.75) is 24.4 Å². The molecule has 5 rings (SSSR count). The number of thioether (sulfide) groups is 1. The molecule has 0 aliphatic rings. The van der Waals surface area contributed by atoms with E-state index in [0.29, 0.717) is 29.4 Å². The van der Waals surface area contributed by atoms with Crippen molar-refractivity contribution in [2.75, 3.05) is 0 Å². The molecule has 0 spiro atoms. The first kappa shape index (κ1) is 22.6. The number of carbonyl (C=O) groups is 1. The van der Waals surface area contributed by atoms with Crippen LogP contribution in [0.3, 0.4) is 0 Å². The number of benzene rings is 2. The van der Waals surface area contributed by atoms with E-state index in [2.05, 4.69) is 51.7 Å². The molecule has 0 unspecified atom stereocenters. The fraction of sp³-hybridized carbons (Fsp3) is 0.111. The van der Waals surface area contributed by atoms with Crippen molar-refractivity contribution in [3.05, 3.63) is 114 Å². The molecule has 1 N–H and O–H groups in total. The van der Waals surface area contributed by atoms with Crippen molar-refractivity contribution < 1.29 is 9.21 Å². The minimum Gasteiger partial charge on any atom is -0.461 e. The van der Waals surface area contributed by atoms with E-state index in [0.717, 1.165) is 22.0 Å². The minimum atomic E-state index is -0.108. The van der Waals surface area contributed by atoms with E-state index in [1.807, 2.05) is 53.1 Å². The van der Waals surface area contributed by atoms with Crippen LogP contribution in [0.15, 0.2) is 101 Å². The highest BCUT2D eigenvalue weighted by Gasteiger charge is 2.18. The Balaban J connectivity index is 1.29. The van der Waals surface area contributed by atoms with E-state index in [1.165, 1.54) is 5.56 Å². The summed E-state index contributed by atoms with van der Waals surface area (Å²) in [4.78, 5) is 16.5. The molecule has 0 aliphatic heterocycles. The molecule has 35 heavy (non-hydrogen) atoms. The number of amides is 1. The van der Waals surface area contributed by atoms with Gasteiger partial charge in [-0.25, -0.2) is 0 Å². The van der Waals surface area contributed by atoms with Gasteiger partial charge in [0.15, 0.2) is 10.9 Å². The Morgan fingerprint density at radius 3 is 2.43 bits per heavy atom. The average molecular weight is 482 g/mol. The lowest BCUT2D eigenvalue weighted by Gasteiger charge is -2.10. The third-order valence-corrected chi connectivity index (χ3v) is 6.45. The van der Waals surface area contributed by atoms with Crippen molar-refractivity contribution in [3.63, 3.8) is 0 Å². The van der Waals surface area contributed by atoms with Gasteiger partial charge >= 0.3 is 0 Å². The second-order valence-electron chi connectivity index (χ2n) is 7.98. The zero-order chi connectivity index (χ0) is 24.0. The van der Waals surface area contributed by atoms with Gasteiger partial charge in [0.05, 0.1) is 6.26 Å². The molecule has 0 aliphatic carbocycles. The molecule has 0 radical (unpaired) electrons. The van der Waals surface area contributed by atoms with Gasteiger partial charge in [0.1, 0.15) is 0 Å². The smallest absolute Gasteiger partial charge is 0.251 e. The Kier molecular flexibility index (Phi) is 6.72. The second kappa shape index (κ2) is 10.4. The number of nitrogens with one attached hydrogen (secondary N) is 1. The van der Waals surface area contributed by atoms with Crippen LogP contribution in [0.5, 0.6) is 0 Å². The second-order valence-corrected chi connectivity index (χ2v) is 8.92. The van der Waals surface area contributed by atoms with E-state index in [4.69, 9.17) is 4.42 Å². The summed E-state index contributed by atoms with van der Waals surface area (Å²) in [6.07, 6.45) is 5.06. The van der Waals surface area contributed by atoms with Crippen LogP contribution < -0.4 is 5.32 Å². The molecule has 5 aromatic rings. The van der Waals surface area contributed by atoms with Gasteiger partial charge < -0.3 is 9.73 Å². The number of carbonyl (C=O) groups excluding carboxylic acids is 1. The molecule has 3 aromatic heterocycles. The van der Waals surface area contributed by atoms with Crippen LogP contribution in [0, 0.1) is 6.92 Å². The lowest BCUT2D eigenvalue weighted by atomic mass is 10.1. The Hall–Kier alpha value is -4.17. The summed E-state index contributed by atoms with van der Waals surface area (Å²) in [6.45, 7) is 2.52. The molecule has 2 aromatic carbocycles. The summed E-state index contributed by atoms with van der Waals surface area (Å²) in [5.41, 5.74) is 4.86. The molecule has 8 heteroatoms. The first-order valence-corrected chi connectivity index (χ1v) is 12.1. The summed E-state index contributed by atoms with van der Waals surface area (Å²) >= 11 is 1.58. The van der Waals surface area contributed by atoms with Crippen molar-refractivity contribution >= 4 is 17.7 Å². The van der Waals surface area contributed by atoms with Gasteiger partial charge in [-0.05, 0) is 66.6 Å². The van der Waals surface area contributed by atoms with Gasteiger partial charge in [0, 0.05) is 35.9 Å². The number of aromatic nitrogens is 4. The summed E-state index contributed by atoms with van der Waals surface area (Å²) in [6, 6.07) is 23.3. The van der Waals surface area contributed by atoms with E-state index >= 15 is 0 Å². The highest BCUT2D eigenvalue weighted by atomic mass is 32.2. The number of furan rings is 1. The highest BCUT2D eigenvalue weighted by molar-refractivity contribution is 7.98. The maximum Gasteiger partial charge on any atom is 0.251 e. The van der Waals surface area contributed by atoms with Gasteiger partial charge in [0.2, 0.25) is 5.82 Å². The molecule has 7 nitrogen and oxygen atoms in total.